The van der Waals surface area contributed by atoms with Crippen LogP contribution in [0.4, 0.5) is 4.39 Å². The third-order valence-electron chi connectivity index (χ3n) is 1.94. The van der Waals surface area contributed by atoms with E-state index in [4.69, 9.17) is 5.73 Å². The molecule has 0 aromatic rings. The van der Waals surface area contributed by atoms with Crippen molar-refractivity contribution in [3.8, 4) is 0 Å². The number of halogens is 1. The summed E-state index contributed by atoms with van der Waals surface area (Å²) in [5.74, 6) is -0.0718. The van der Waals surface area contributed by atoms with E-state index in [1.807, 2.05) is 0 Å². The lowest BCUT2D eigenvalue weighted by molar-refractivity contribution is 0.544. The molecule has 1 saturated carbocycles. The Morgan fingerprint density at radius 3 is 2.40 bits per heavy atom. The van der Waals surface area contributed by atoms with Crippen molar-refractivity contribution >= 4 is 0 Å². The number of nitrogens with two attached hydrogens (primary N) is 1. The van der Waals surface area contributed by atoms with Crippen LogP contribution in [0.25, 0.3) is 0 Å². The fraction of sp³-hybridized carbons (Fsp3) is 0.750. The molecule has 1 aliphatic rings. The molecule has 0 amide bonds. The minimum absolute atomic E-state index is 0.0718. The van der Waals surface area contributed by atoms with Crippen LogP contribution in [0.1, 0.15) is 32.6 Å². The summed E-state index contributed by atoms with van der Waals surface area (Å²) in [5, 5.41) is 0. The first-order valence-electron chi connectivity index (χ1n) is 3.85. The van der Waals surface area contributed by atoms with Crippen LogP contribution in [0.5, 0.6) is 0 Å². The highest BCUT2D eigenvalue weighted by Crippen LogP contribution is 2.28. The molecule has 2 heteroatoms. The molecule has 0 aromatic carbocycles. The topological polar surface area (TPSA) is 26.0 Å². The molecule has 1 unspecified atom stereocenters. The van der Waals surface area contributed by atoms with Gasteiger partial charge in [-0.2, -0.15) is 0 Å². The Morgan fingerprint density at radius 1 is 1.50 bits per heavy atom. The maximum absolute atomic E-state index is 13.0. The molecule has 0 aliphatic heterocycles. The SMILES string of the molecule is CC(N)C(F)=C1CCCC1. The van der Waals surface area contributed by atoms with Gasteiger partial charge in [-0.15, -0.1) is 0 Å². The van der Waals surface area contributed by atoms with Crippen LogP contribution in [0, 0.1) is 0 Å². The van der Waals surface area contributed by atoms with E-state index >= 15 is 0 Å². The molecule has 1 aliphatic carbocycles. The van der Waals surface area contributed by atoms with Crippen molar-refractivity contribution in [3.63, 3.8) is 0 Å². The number of hydrogen-bond acceptors (Lipinski definition) is 1. The van der Waals surface area contributed by atoms with Crippen LogP contribution in [0.2, 0.25) is 0 Å². The molecule has 0 saturated heterocycles. The molecule has 1 nitrogen and oxygen atoms in total. The Morgan fingerprint density at radius 2 is 2.00 bits per heavy atom. The standard InChI is InChI=1S/C8H14FN/c1-6(10)8(9)7-4-2-3-5-7/h6H,2-5,10H2,1H3. The van der Waals surface area contributed by atoms with Gasteiger partial charge in [0.25, 0.3) is 0 Å². The van der Waals surface area contributed by atoms with Crippen LogP contribution >= 0.6 is 0 Å². The van der Waals surface area contributed by atoms with Crippen molar-refractivity contribution in [1.82, 2.24) is 0 Å². The van der Waals surface area contributed by atoms with E-state index in [0.717, 1.165) is 31.3 Å². The van der Waals surface area contributed by atoms with E-state index in [-0.39, 0.29) is 5.83 Å². The molecule has 2 N–H and O–H groups in total. The minimum atomic E-state index is -0.395. The maximum atomic E-state index is 13.0. The van der Waals surface area contributed by atoms with Crippen LogP contribution < -0.4 is 5.73 Å². The summed E-state index contributed by atoms with van der Waals surface area (Å²) < 4.78 is 13.0. The van der Waals surface area contributed by atoms with Crippen molar-refractivity contribution in [2.45, 2.75) is 38.6 Å². The fourth-order valence-corrected chi connectivity index (χ4v) is 1.36. The average Bonchev–Trinajstić information content (AvgIpc) is 2.36. The lowest BCUT2D eigenvalue weighted by Crippen LogP contribution is -2.16. The molecular weight excluding hydrogens is 129 g/mol. The molecule has 1 rings (SSSR count). The van der Waals surface area contributed by atoms with Gasteiger partial charge in [0.05, 0.1) is 6.04 Å². The van der Waals surface area contributed by atoms with E-state index in [2.05, 4.69) is 0 Å². The first kappa shape index (κ1) is 7.73. The summed E-state index contributed by atoms with van der Waals surface area (Å²) in [6, 6.07) is -0.395. The summed E-state index contributed by atoms with van der Waals surface area (Å²) >= 11 is 0. The van der Waals surface area contributed by atoms with Gasteiger partial charge in [-0.1, -0.05) is 0 Å². The summed E-state index contributed by atoms with van der Waals surface area (Å²) in [7, 11) is 0. The van der Waals surface area contributed by atoms with E-state index in [0.29, 0.717) is 0 Å². The zero-order chi connectivity index (χ0) is 7.56. The highest BCUT2D eigenvalue weighted by molar-refractivity contribution is 5.14. The zero-order valence-corrected chi connectivity index (χ0v) is 6.36. The molecule has 0 radical (unpaired) electrons. The second kappa shape index (κ2) is 3.15. The van der Waals surface area contributed by atoms with Crippen LogP contribution in [-0.4, -0.2) is 6.04 Å². The van der Waals surface area contributed by atoms with Crippen molar-refractivity contribution in [2.75, 3.05) is 0 Å². The Labute approximate surface area is 61.1 Å². The second-order valence-corrected chi connectivity index (χ2v) is 2.95. The predicted octanol–water partition coefficient (Wildman–Crippen LogP) is 2.13. The van der Waals surface area contributed by atoms with Crippen molar-refractivity contribution < 1.29 is 4.39 Å². The third-order valence-corrected chi connectivity index (χ3v) is 1.94. The Kier molecular flexibility index (Phi) is 2.44. The van der Waals surface area contributed by atoms with E-state index in [1.165, 1.54) is 0 Å². The van der Waals surface area contributed by atoms with Gasteiger partial charge in [0.2, 0.25) is 0 Å². The average molecular weight is 143 g/mol. The fourth-order valence-electron chi connectivity index (χ4n) is 1.36. The maximum Gasteiger partial charge on any atom is 0.116 e. The lowest BCUT2D eigenvalue weighted by atomic mass is 10.1. The first-order valence-corrected chi connectivity index (χ1v) is 3.85. The van der Waals surface area contributed by atoms with Gasteiger partial charge in [-0.3, -0.25) is 0 Å². The Balaban J connectivity index is 2.63. The van der Waals surface area contributed by atoms with Gasteiger partial charge in [0.1, 0.15) is 5.83 Å². The predicted molar refractivity (Wildman–Crippen MR) is 40.3 cm³/mol. The molecule has 0 spiro atoms. The van der Waals surface area contributed by atoms with Gasteiger partial charge >= 0.3 is 0 Å². The van der Waals surface area contributed by atoms with Gasteiger partial charge < -0.3 is 5.73 Å². The van der Waals surface area contributed by atoms with Gasteiger partial charge in [-0.25, -0.2) is 4.39 Å². The smallest absolute Gasteiger partial charge is 0.116 e. The molecule has 1 atom stereocenters. The van der Waals surface area contributed by atoms with Crippen molar-refractivity contribution in [3.05, 3.63) is 11.4 Å². The monoisotopic (exact) mass is 143 g/mol. The highest BCUT2D eigenvalue weighted by atomic mass is 19.1. The van der Waals surface area contributed by atoms with Gasteiger partial charge in [0, 0.05) is 0 Å². The van der Waals surface area contributed by atoms with Gasteiger partial charge in [-0.05, 0) is 38.2 Å². The van der Waals surface area contributed by atoms with E-state index < -0.39 is 6.04 Å². The van der Waals surface area contributed by atoms with Crippen LogP contribution in [-0.2, 0) is 0 Å². The summed E-state index contributed by atoms with van der Waals surface area (Å²) in [6.45, 7) is 1.70. The lowest BCUT2D eigenvalue weighted by Gasteiger charge is -2.04. The molecule has 0 bridgehead atoms. The van der Waals surface area contributed by atoms with Crippen LogP contribution in [0.3, 0.4) is 0 Å². The van der Waals surface area contributed by atoms with Crippen molar-refractivity contribution in [2.24, 2.45) is 5.73 Å². The summed E-state index contributed by atoms with van der Waals surface area (Å²) in [4.78, 5) is 0. The quantitative estimate of drug-likeness (QED) is 0.598. The Bertz CT molecular complexity index is 141. The molecule has 1 fully saturated rings. The molecular formula is C8H14FN. The normalized spacial score (nSPS) is 21.3. The van der Waals surface area contributed by atoms with Crippen molar-refractivity contribution in [1.29, 1.82) is 0 Å². The molecule has 58 valence electrons. The largest absolute Gasteiger partial charge is 0.322 e. The third kappa shape index (κ3) is 1.57. The molecule has 0 heterocycles. The number of rotatable bonds is 1. The van der Waals surface area contributed by atoms with E-state index in [1.54, 1.807) is 6.92 Å². The second-order valence-electron chi connectivity index (χ2n) is 2.95. The minimum Gasteiger partial charge on any atom is -0.322 e. The van der Waals surface area contributed by atoms with E-state index in [9.17, 15) is 4.39 Å². The Hall–Kier alpha value is -0.370. The van der Waals surface area contributed by atoms with Gasteiger partial charge in [0.15, 0.2) is 0 Å². The number of allylic oxidation sites excluding steroid dienone is 1. The highest BCUT2D eigenvalue weighted by Gasteiger charge is 2.14. The molecule has 10 heavy (non-hydrogen) atoms. The van der Waals surface area contributed by atoms with Crippen LogP contribution in [0.15, 0.2) is 11.4 Å². The summed E-state index contributed by atoms with van der Waals surface area (Å²) in [5.41, 5.74) is 6.34. The first-order chi connectivity index (χ1) is 4.72. The number of hydrogen-bond donors (Lipinski definition) is 1. The molecule has 0 aromatic heterocycles. The summed E-state index contributed by atoms with van der Waals surface area (Å²) in [6.07, 6.45) is 4.12. The zero-order valence-electron chi connectivity index (χ0n) is 6.36.